The zero-order valence-electron chi connectivity index (χ0n) is 10.6. The molecule has 0 fully saturated rings. The lowest BCUT2D eigenvalue weighted by Gasteiger charge is -2.18. The summed E-state index contributed by atoms with van der Waals surface area (Å²) in [5, 5.41) is 18.9. The molecule has 0 aliphatic carbocycles. The molecule has 0 saturated heterocycles. The van der Waals surface area contributed by atoms with Crippen molar-refractivity contribution in [3.63, 3.8) is 0 Å². The van der Waals surface area contributed by atoms with Gasteiger partial charge in [-0.3, -0.25) is 4.90 Å². The summed E-state index contributed by atoms with van der Waals surface area (Å²) in [5.74, 6) is 0.746. The molecule has 0 spiro atoms. The average Bonchev–Trinajstić information content (AvgIpc) is 2.72. The number of aromatic nitrogens is 2. The number of imidazole rings is 1. The fourth-order valence-corrected chi connectivity index (χ4v) is 2.22. The molecule has 1 aromatic carbocycles. The summed E-state index contributed by atoms with van der Waals surface area (Å²) >= 11 is 11.9. The minimum Gasteiger partial charge on any atom is -0.395 e. The van der Waals surface area contributed by atoms with Gasteiger partial charge in [-0.1, -0.05) is 23.2 Å². The van der Waals surface area contributed by atoms with Gasteiger partial charge in [-0.15, -0.1) is 12.4 Å². The third kappa shape index (κ3) is 4.22. The molecule has 2 rings (SSSR count). The molecule has 8 heteroatoms. The standard InChI is InChI=1S/C12H15Cl2N3O2.ClH/c13-8-5-10-11(6-9(8)14)16-12(15-10)7-17(1-3-18)2-4-19;/h5-6,18-19H,1-4,7H2,(H,15,16);1H. The number of nitrogens with one attached hydrogen (secondary N) is 1. The number of hydrogen-bond donors (Lipinski definition) is 3. The number of halogens is 3. The second kappa shape index (κ2) is 8.02. The first kappa shape index (κ1) is 17.5. The van der Waals surface area contributed by atoms with E-state index < -0.39 is 0 Å². The Kier molecular flexibility index (Phi) is 7.02. The topological polar surface area (TPSA) is 72.4 Å². The molecular weight excluding hydrogens is 325 g/mol. The largest absolute Gasteiger partial charge is 0.395 e. The van der Waals surface area contributed by atoms with Crippen molar-refractivity contribution in [2.45, 2.75) is 6.54 Å². The minimum absolute atomic E-state index is 0. The number of nitrogens with zero attached hydrogens (tertiary/aromatic N) is 2. The Morgan fingerprint density at radius 1 is 1.10 bits per heavy atom. The normalized spacial score (nSPS) is 11.1. The van der Waals surface area contributed by atoms with Crippen LogP contribution < -0.4 is 0 Å². The second-order valence-corrected chi connectivity index (χ2v) is 5.00. The van der Waals surface area contributed by atoms with Gasteiger partial charge in [-0.25, -0.2) is 4.98 Å². The van der Waals surface area contributed by atoms with Crippen LogP contribution in [0, 0.1) is 0 Å². The van der Waals surface area contributed by atoms with Crippen molar-refractivity contribution < 1.29 is 10.2 Å². The van der Waals surface area contributed by atoms with Crippen LogP contribution in [0.4, 0.5) is 0 Å². The molecule has 0 aliphatic rings. The van der Waals surface area contributed by atoms with E-state index in [1.807, 2.05) is 4.90 Å². The van der Waals surface area contributed by atoms with E-state index in [2.05, 4.69) is 9.97 Å². The fourth-order valence-electron chi connectivity index (χ4n) is 1.90. The van der Waals surface area contributed by atoms with Crippen LogP contribution in [0.15, 0.2) is 12.1 Å². The molecule has 1 heterocycles. The molecule has 0 saturated carbocycles. The molecule has 2 aromatic rings. The predicted molar refractivity (Wildman–Crippen MR) is 82.8 cm³/mol. The third-order valence-electron chi connectivity index (χ3n) is 2.78. The Bertz CT molecular complexity index is 517. The predicted octanol–water partition coefficient (Wildman–Crippen LogP) is 2.08. The molecular formula is C12H16Cl3N3O2. The zero-order valence-corrected chi connectivity index (χ0v) is 13.0. The van der Waals surface area contributed by atoms with E-state index in [0.717, 1.165) is 16.9 Å². The zero-order chi connectivity index (χ0) is 13.8. The van der Waals surface area contributed by atoms with Gasteiger partial charge in [-0.2, -0.15) is 0 Å². The Morgan fingerprint density at radius 3 is 2.30 bits per heavy atom. The number of fused-ring (bicyclic) bond motifs is 1. The number of H-pyrrole nitrogens is 1. The van der Waals surface area contributed by atoms with Gasteiger partial charge in [0.1, 0.15) is 5.82 Å². The first-order valence-corrected chi connectivity index (χ1v) is 6.67. The summed E-state index contributed by atoms with van der Waals surface area (Å²) in [4.78, 5) is 9.47. The molecule has 0 aliphatic heterocycles. The van der Waals surface area contributed by atoms with Crippen LogP contribution >= 0.6 is 35.6 Å². The van der Waals surface area contributed by atoms with Crippen molar-refractivity contribution in [3.8, 4) is 0 Å². The molecule has 0 radical (unpaired) electrons. The van der Waals surface area contributed by atoms with Crippen LogP contribution in [-0.4, -0.2) is 51.4 Å². The lowest BCUT2D eigenvalue weighted by molar-refractivity contribution is 0.154. The van der Waals surface area contributed by atoms with Crippen molar-refractivity contribution >= 4 is 46.6 Å². The number of benzene rings is 1. The molecule has 20 heavy (non-hydrogen) atoms. The molecule has 112 valence electrons. The number of aliphatic hydroxyl groups is 2. The van der Waals surface area contributed by atoms with E-state index in [9.17, 15) is 0 Å². The van der Waals surface area contributed by atoms with Gasteiger partial charge in [0.15, 0.2) is 0 Å². The van der Waals surface area contributed by atoms with Crippen LogP contribution in [-0.2, 0) is 6.54 Å². The van der Waals surface area contributed by atoms with E-state index in [1.165, 1.54) is 0 Å². The van der Waals surface area contributed by atoms with Crippen LogP contribution in [0.3, 0.4) is 0 Å². The summed E-state index contributed by atoms with van der Waals surface area (Å²) in [6.45, 7) is 1.57. The SMILES string of the molecule is Cl.OCCN(CCO)Cc1nc2cc(Cl)c(Cl)cc2[nH]1. The summed E-state index contributed by atoms with van der Waals surface area (Å²) in [5.41, 5.74) is 1.56. The highest BCUT2D eigenvalue weighted by Gasteiger charge is 2.10. The maximum atomic E-state index is 8.97. The Labute approximate surface area is 132 Å². The summed E-state index contributed by atoms with van der Waals surface area (Å²) < 4.78 is 0. The van der Waals surface area contributed by atoms with Crippen molar-refractivity contribution in [3.05, 3.63) is 28.0 Å². The quantitative estimate of drug-likeness (QED) is 0.753. The highest BCUT2D eigenvalue weighted by atomic mass is 35.5. The number of hydrogen-bond acceptors (Lipinski definition) is 4. The monoisotopic (exact) mass is 339 g/mol. The van der Waals surface area contributed by atoms with E-state index in [1.54, 1.807) is 12.1 Å². The third-order valence-corrected chi connectivity index (χ3v) is 3.50. The highest BCUT2D eigenvalue weighted by molar-refractivity contribution is 6.42. The fraction of sp³-hybridized carbons (Fsp3) is 0.417. The molecule has 1 aromatic heterocycles. The van der Waals surface area contributed by atoms with Crippen LogP contribution in [0.1, 0.15) is 5.82 Å². The van der Waals surface area contributed by atoms with Crippen LogP contribution in [0.5, 0.6) is 0 Å². The lowest BCUT2D eigenvalue weighted by Crippen LogP contribution is -2.29. The molecule has 0 amide bonds. The van der Waals surface area contributed by atoms with E-state index >= 15 is 0 Å². The molecule has 5 nitrogen and oxygen atoms in total. The van der Waals surface area contributed by atoms with Crippen molar-refractivity contribution in [1.82, 2.24) is 14.9 Å². The smallest absolute Gasteiger partial charge is 0.121 e. The number of aliphatic hydroxyl groups excluding tert-OH is 2. The first-order valence-electron chi connectivity index (χ1n) is 5.91. The van der Waals surface area contributed by atoms with Gasteiger partial charge in [-0.05, 0) is 12.1 Å². The molecule has 0 bridgehead atoms. The minimum atomic E-state index is 0. The lowest BCUT2D eigenvalue weighted by atomic mass is 10.3. The van der Waals surface area contributed by atoms with Crippen molar-refractivity contribution in [2.24, 2.45) is 0 Å². The Hall–Kier alpha value is -0.560. The van der Waals surface area contributed by atoms with Gasteiger partial charge >= 0.3 is 0 Å². The molecule has 0 atom stereocenters. The van der Waals surface area contributed by atoms with E-state index in [0.29, 0.717) is 29.7 Å². The molecule has 0 unspecified atom stereocenters. The van der Waals surface area contributed by atoms with Gasteiger partial charge in [0.2, 0.25) is 0 Å². The van der Waals surface area contributed by atoms with Gasteiger partial charge in [0.25, 0.3) is 0 Å². The second-order valence-electron chi connectivity index (χ2n) is 4.19. The Morgan fingerprint density at radius 2 is 1.70 bits per heavy atom. The van der Waals surface area contributed by atoms with E-state index in [-0.39, 0.29) is 25.6 Å². The van der Waals surface area contributed by atoms with Gasteiger partial charge in [0.05, 0.1) is 40.8 Å². The van der Waals surface area contributed by atoms with Crippen LogP contribution in [0.25, 0.3) is 11.0 Å². The Balaban J connectivity index is 0.00000200. The summed E-state index contributed by atoms with van der Waals surface area (Å²) in [7, 11) is 0. The average molecular weight is 341 g/mol. The van der Waals surface area contributed by atoms with Gasteiger partial charge in [0, 0.05) is 13.1 Å². The van der Waals surface area contributed by atoms with Crippen molar-refractivity contribution in [1.29, 1.82) is 0 Å². The maximum Gasteiger partial charge on any atom is 0.121 e. The first-order chi connectivity index (χ1) is 9.13. The van der Waals surface area contributed by atoms with E-state index in [4.69, 9.17) is 33.4 Å². The number of rotatable bonds is 6. The molecule has 3 N–H and O–H groups in total. The number of aromatic amines is 1. The van der Waals surface area contributed by atoms with Crippen molar-refractivity contribution in [2.75, 3.05) is 26.3 Å². The van der Waals surface area contributed by atoms with Crippen LogP contribution in [0.2, 0.25) is 10.0 Å². The van der Waals surface area contributed by atoms with Gasteiger partial charge < -0.3 is 15.2 Å². The summed E-state index contributed by atoms with van der Waals surface area (Å²) in [6, 6.07) is 3.44. The maximum absolute atomic E-state index is 8.97. The summed E-state index contributed by atoms with van der Waals surface area (Å²) in [6.07, 6.45) is 0. The highest BCUT2D eigenvalue weighted by Crippen LogP contribution is 2.26.